The van der Waals surface area contributed by atoms with Gasteiger partial charge in [0.05, 0.1) is 6.54 Å². The Labute approximate surface area is 241 Å². The average Bonchev–Trinajstić information content (AvgIpc) is 3.39. The third kappa shape index (κ3) is 7.55. The number of likely N-dealkylation sites (tertiary alicyclic amines) is 1. The molecule has 1 amide bonds. The molecule has 0 atom stereocenters. The van der Waals surface area contributed by atoms with Gasteiger partial charge in [-0.2, -0.15) is 4.37 Å². The highest BCUT2D eigenvalue weighted by Crippen LogP contribution is 2.36. The highest BCUT2D eigenvalue weighted by Gasteiger charge is 2.26. The molecule has 1 fully saturated rings. The van der Waals surface area contributed by atoms with Crippen LogP contribution >= 0.6 is 48.1 Å². The van der Waals surface area contributed by atoms with E-state index in [0.717, 1.165) is 28.6 Å². The van der Waals surface area contributed by atoms with Crippen LogP contribution in [0, 0.1) is 0 Å². The molecular formula is C25H27Cl2N7O2S2. The minimum absolute atomic E-state index is 0. The highest BCUT2D eigenvalue weighted by molar-refractivity contribution is 7.99. The number of amides is 1. The molecule has 0 aliphatic carbocycles. The lowest BCUT2D eigenvalue weighted by Crippen LogP contribution is -2.41. The number of pyridine rings is 2. The number of ether oxygens (including phenoxy) is 1. The Morgan fingerprint density at radius 2 is 1.87 bits per heavy atom. The molecule has 200 valence electrons. The van der Waals surface area contributed by atoms with E-state index in [-0.39, 0.29) is 43.2 Å². The smallest absolute Gasteiger partial charge is 0.236 e. The highest BCUT2D eigenvalue weighted by atomic mass is 35.5. The Morgan fingerprint density at radius 3 is 2.58 bits per heavy atom. The maximum absolute atomic E-state index is 11.8. The van der Waals surface area contributed by atoms with Crippen LogP contribution in [0.4, 0.5) is 10.9 Å². The molecule has 1 saturated heterocycles. The van der Waals surface area contributed by atoms with Gasteiger partial charge in [-0.3, -0.25) is 4.79 Å². The fourth-order valence-electron chi connectivity index (χ4n) is 3.87. The molecule has 3 aromatic heterocycles. The fraction of sp³-hybridized carbons (Fsp3) is 0.240. The predicted octanol–water partition coefficient (Wildman–Crippen LogP) is 5.52. The van der Waals surface area contributed by atoms with Gasteiger partial charge < -0.3 is 20.7 Å². The summed E-state index contributed by atoms with van der Waals surface area (Å²) in [5.41, 5.74) is 5.49. The van der Waals surface area contributed by atoms with Gasteiger partial charge in [0, 0.05) is 53.9 Å². The Bertz CT molecular complexity index is 1310. The van der Waals surface area contributed by atoms with Crippen LogP contribution in [0.15, 0.2) is 76.9 Å². The fourth-order valence-corrected chi connectivity index (χ4v) is 5.29. The van der Waals surface area contributed by atoms with Crippen LogP contribution in [0.3, 0.4) is 0 Å². The second-order valence-corrected chi connectivity index (χ2v) is 9.99. The van der Waals surface area contributed by atoms with Gasteiger partial charge in [0.2, 0.25) is 11.0 Å². The van der Waals surface area contributed by atoms with Crippen molar-refractivity contribution in [2.75, 3.05) is 25.0 Å². The summed E-state index contributed by atoms with van der Waals surface area (Å²) in [6, 6.07) is 17.3. The van der Waals surface area contributed by atoms with E-state index in [4.69, 9.17) is 15.5 Å². The number of benzene rings is 1. The van der Waals surface area contributed by atoms with E-state index < -0.39 is 0 Å². The van der Waals surface area contributed by atoms with Crippen LogP contribution in [0.25, 0.3) is 0 Å². The van der Waals surface area contributed by atoms with Crippen molar-refractivity contribution in [2.45, 2.75) is 28.7 Å². The van der Waals surface area contributed by atoms with Crippen molar-refractivity contribution >= 4 is 65.0 Å². The quantitative estimate of drug-likeness (QED) is 0.272. The summed E-state index contributed by atoms with van der Waals surface area (Å²) < 4.78 is 10.8. The van der Waals surface area contributed by atoms with Gasteiger partial charge in [-0.05, 0) is 37.1 Å². The van der Waals surface area contributed by atoms with Gasteiger partial charge >= 0.3 is 0 Å². The van der Waals surface area contributed by atoms with Crippen molar-refractivity contribution in [2.24, 2.45) is 5.73 Å². The monoisotopic (exact) mass is 591 g/mol. The second-order valence-electron chi connectivity index (χ2n) is 8.14. The lowest BCUT2D eigenvalue weighted by atomic mass is 9.96. The number of para-hydroxylation sites is 1. The van der Waals surface area contributed by atoms with Crippen LogP contribution in [0.5, 0.6) is 11.5 Å². The molecule has 1 aliphatic rings. The maximum atomic E-state index is 11.8. The summed E-state index contributed by atoms with van der Waals surface area (Å²) in [5.74, 6) is 2.82. The molecule has 1 aliphatic heterocycles. The number of carbonyl (C=O) groups excluding carboxylic acids is 1. The number of carbonyl (C=O) groups is 1. The van der Waals surface area contributed by atoms with Gasteiger partial charge in [-0.15, -0.1) is 24.8 Å². The van der Waals surface area contributed by atoms with Gasteiger partial charge in [-0.25, -0.2) is 15.0 Å². The van der Waals surface area contributed by atoms with Crippen LogP contribution < -0.4 is 15.8 Å². The van der Waals surface area contributed by atoms with E-state index in [1.807, 2.05) is 59.5 Å². The first-order valence-corrected chi connectivity index (χ1v) is 13.2. The molecule has 9 nitrogen and oxygen atoms in total. The number of halogens is 2. The average molecular weight is 593 g/mol. The van der Waals surface area contributed by atoms with Crippen LogP contribution in [-0.4, -0.2) is 49.8 Å². The number of nitrogens with two attached hydrogens (primary N) is 1. The first-order chi connectivity index (χ1) is 17.7. The summed E-state index contributed by atoms with van der Waals surface area (Å²) in [5, 5.41) is 4.80. The Morgan fingerprint density at radius 1 is 1.11 bits per heavy atom. The molecule has 13 heteroatoms. The second kappa shape index (κ2) is 14.3. The van der Waals surface area contributed by atoms with Crippen LogP contribution in [0.2, 0.25) is 0 Å². The zero-order valence-corrected chi connectivity index (χ0v) is 23.5. The predicted molar refractivity (Wildman–Crippen MR) is 154 cm³/mol. The number of anilines is 2. The van der Waals surface area contributed by atoms with Crippen molar-refractivity contribution in [1.82, 2.24) is 24.2 Å². The summed E-state index contributed by atoms with van der Waals surface area (Å²) >= 11 is 2.80. The van der Waals surface area contributed by atoms with Crippen molar-refractivity contribution in [1.29, 1.82) is 0 Å². The van der Waals surface area contributed by atoms with E-state index in [0.29, 0.717) is 35.5 Å². The molecule has 3 N–H and O–H groups in total. The molecule has 0 saturated carbocycles. The molecule has 5 rings (SSSR count). The third-order valence-corrected chi connectivity index (χ3v) is 7.27. The molecule has 0 unspecified atom stereocenters. The Balaban J connectivity index is 0.00000200. The van der Waals surface area contributed by atoms with Crippen molar-refractivity contribution in [3.05, 3.63) is 72.8 Å². The third-order valence-electron chi connectivity index (χ3n) is 5.71. The van der Waals surface area contributed by atoms with E-state index in [9.17, 15) is 4.79 Å². The number of hydrogen-bond acceptors (Lipinski definition) is 10. The topological polar surface area (TPSA) is 119 Å². The first-order valence-electron chi connectivity index (χ1n) is 11.6. The summed E-state index contributed by atoms with van der Waals surface area (Å²) in [6.07, 6.45) is 5.19. The number of piperidine rings is 1. The van der Waals surface area contributed by atoms with Crippen LogP contribution in [0.1, 0.15) is 24.6 Å². The lowest BCUT2D eigenvalue weighted by Gasteiger charge is -2.30. The minimum atomic E-state index is -0.0104. The molecule has 38 heavy (non-hydrogen) atoms. The number of aromatic nitrogens is 4. The zero-order chi connectivity index (χ0) is 24.7. The molecule has 0 radical (unpaired) electrons. The van der Waals surface area contributed by atoms with E-state index >= 15 is 0 Å². The van der Waals surface area contributed by atoms with E-state index in [1.165, 1.54) is 23.3 Å². The van der Waals surface area contributed by atoms with Gasteiger partial charge in [-0.1, -0.05) is 36.0 Å². The van der Waals surface area contributed by atoms with Crippen LogP contribution in [-0.2, 0) is 4.79 Å². The zero-order valence-electron chi connectivity index (χ0n) is 20.2. The van der Waals surface area contributed by atoms with Crippen molar-refractivity contribution in [3.8, 4) is 11.5 Å². The number of hydrogen-bond donors (Lipinski definition) is 2. The summed E-state index contributed by atoms with van der Waals surface area (Å²) in [6.45, 7) is 1.40. The molecular weight excluding hydrogens is 565 g/mol. The summed E-state index contributed by atoms with van der Waals surface area (Å²) in [4.78, 5) is 28.3. The molecule has 0 bridgehead atoms. The molecule has 4 aromatic rings. The van der Waals surface area contributed by atoms with E-state index in [2.05, 4.69) is 19.7 Å². The Kier molecular flexibility index (Phi) is 11.1. The van der Waals surface area contributed by atoms with Crippen molar-refractivity contribution in [3.63, 3.8) is 0 Å². The number of nitrogens with one attached hydrogen (secondary N) is 1. The first kappa shape index (κ1) is 29.6. The molecule has 0 spiro atoms. The van der Waals surface area contributed by atoms with Crippen molar-refractivity contribution < 1.29 is 9.53 Å². The molecule has 1 aromatic carbocycles. The van der Waals surface area contributed by atoms with Gasteiger partial charge in [0.1, 0.15) is 16.6 Å². The summed E-state index contributed by atoms with van der Waals surface area (Å²) in [7, 11) is 0. The standard InChI is InChI=1S/C25H25N7O2S2.2ClH/c26-15-22(33)32-12-9-17(10-13-32)23-29-25(36-31-23)30-24-20(34-18-6-2-1-3-7-18)14-19(16-28-24)35-21-8-4-5-11-27-21;;/h1-8,11,14,16-17H,9-10,12-13,15,26H2,(H,28,29,30,31);2*1H. The van der Waals surface area contributed by atoms with E-state index in [1.54, 1.807) is 12.4 Å². The van der Waals surface area contributed by atoms with Gasteiger partial charge in [0.25, 0.3) is 0 Å². The largest absolute Gasteiger partial charge is 0.453 e. The maximum Gasteiger partial charge on any atom is 0.236 e. The number of nitrogens with zero attached hydrogens (tertiary/aromatic N) is 5. The lowest BCUT2D eigenvalue weighted by molar-refractivity contribution is -0.130. The SMILES string of the molecule is Cl.Cl.NCC(=O)N1CCC(c2nsc(Nc3ncc(Sc4ccccn4)cc3Oc3ccccc3)n2)CC1. The normalized spacial score (nSPS) is 13.2. The Hall–Kier alpha value is -2.96. The van der Waals surface area contributed by atoms with Gasteiger partial charge in [0.15, 0.2) is 11.6 Å². The minimum Gasteiger partial charge on any atom is -0.453 e. The number of rotatable bonds is 8. The molecule has 4 heterocycles.